The van der Waals surface area contributed by atoms with Crippen molar-refractivity contribution in [1.82, 2.24) is 10.6 Å². The van der Waals surface area contributed by atoms with Crippen LogP contribution in [0.15, 0.2) is 83.1 Å². The van der Waals surface area contributed by atoms with Crippen LogP contribution in [-0.2, 0) is 11.2 Å². The van der Waals surface area contributed by atoms with Crippen LogP contribution in [0.1, 0.15) is 21.7 Å². The number of methoxy groups -OCH3 is 1. The largest absolute Gasteiger partial charge is 0.497 e. The predicted octanol–water partition coefficient (Wildman–Crippen LogP) is 3.42. The van der Waals surface area contributed by atoms with Gasteiger partial charge >= 0.3 is 0 Å². The lowest BCUT2D eigenvalue weighted by Crippen LogP contribution is -2.35. The minimum Gasteiger partial charge on any atom is -0.497 e. The zero-order valence-electron chi connectivity index (χ0n) is 16.1. The summed E-state index contributed by atoms with van der Waals surface area (Å²) < 4.78 is 10.4. The number of benzene rings is 2. The van der Waals surface area contributed by atoms with Crippen molar-refractivity contribution in [3.63, 3.8) is 0 Å². The number of furan rings is 1. The van der Waals surface area contributed by atoms with Crippen molar-refractivity contribution in [3.05, 3.63) is 95.6 Å². The highest BCUT2D eigenvalue weighted by atomic mass is 16.5. The third-order valence-corrected chi connectivity index (χ3v) is 4.22. The van der Waals surface area contributed by atoms with Crippen LogP contribution < -0.4 is 15.4 Å². The highest BCUT2D eigenvalue weighted by Gasteiger charge is 2.15. The Kier molecular flexibility index (Phi) is 6.84. The van der Waals surface area contributed by atoms with Crippen LogP contribution in [0.25, 0.3) is 6.08 Å². The maximum atomic E-state index is 12.7. The fourth-order valence-corrected chi connectivity index (χ4v) is 2.67. The molecule has 3 aromatic rings. The summed E-state index contributed by atoms with van der Waals surface area (Å²) in [5.74, 6) is 0.497. The Labute approximate surface area is 169 Å². The van der Waals surface area contributed by atoms with Gasteiger partial charge in [-0.25, -0.2) is 0 Å². The topological polar surface area (TPSA) is 80.6 Å². The molecule has 1 heterocycles. The normalized spacial score (nSPS) is 11.0. The van der Waals surface area contributed by atoms with Gasteiger partial charge in [-0.15, -0.1) is 0 Å². The number of carbonyl (C=O) groups is 2. The smallest absolute Gasteiger partial charge is 0.267 e. The Balaban J connectivity index is 1.65. The molecule has 0 radical (unpaired) electrons. The Bertz CT molecular complexity index is 962. The molecule has 148 valence electrons. The van der Waals surface area contributed by atoms with Gasteiger partial charge in [0.2, 0.25) is 0 Å². The molecule has 0 spiro atoms. The third kappa shape index (κ3) is 5.84. The number of hydrogen-bond donors (Lipinski definition) is 2. The summed E-state index contributed by atoms with van der Waals surface area (Å²) in [4.78, 5) is 25.1. The second-order valence-corrected chi connectivity index (χ2v) is 6.25. The number of hydrogen-bond acceptors (Lipinski definition) is 4. The van der Waals surface area contributed by atoms with Gasteiger partial charge in [0, 0.05) is 18.2 Å². The van der Waals surface area contributed by atoms with E-state index in [1.54, 1.807) is 43.5 Å². The van der Waals surface area contributed by atoms with Crippen molar-refractivity contribution in [1.29, 1.82) is 0 Å². The molecule has 0 saturated heterocycles. The zero-order chi connectivity index (χ0) is 20.5. The molecule has 0 unspecified atom stereocenters. The Morgan fingerprint density at radius 1 is 1.00 bits per heavy atom. The molecule has 1 aromatic heterocycles. The van der Waals surface area contributed by atoms with Crippen LogP contribution in [0.3, 0.4) is 0 Å². The number of ether oxygens (including phenoxy) is 1. The third-order valence-electron chi connectivity index (χ3n) is 4.22. The Morgan fingerprint density at radius 2 is 1.76 bits per heavy atom. The summed E-state index contributed by atoms with van der Waals surface area (Å²) in [6, 6.07) is 19.8. The van der Waals surface area contributed by atoms with Crippen molar-refractivity contribution < 1.29 is 18.7 Å². The SMILES string of the molecule is COc1ccc(CCNC(=O)/C(=C/c2ccco2)NC(=O)c2ccccc2)cc1. The molecule has 6 nitrogen and oxygen atoms in total. The molecule has 0 bridgehead atoms. The van der Waals surface area contributed by atoms with Crippen LogP contribution in [0, 0.1) is 0 Å². The average molecular weight is 390 g/mol. The van der Waals surface area contributed by atoms with Crippen LogP contribution in [0.5, 0.6) is 5.75 Å². The van der Waals surface area contributed by atoms with Crippen LogP contribution in [0.2, 0.25) is 0 Å². The zero-order valence-corrected chi connectivity index (χ0v) is 16.1. The lowest BCUT2D eigenvalue weighted by Gasteiger charge is -2.11. The van der Waals surface area contributed by atoms with E-state index >= 15 is 0 Å². The van der Waals surface area contributed by atoms with Crippen LogP contribution in [-0.4, -0.2) is 25.5 Å². The van der Waals surface area contributed by atoms with Gasteiger partial charge in [-0.2, -0.15) is 0 Å². The average Bonchev–Trinajstić information content (AvgIpc) is 3.27. The van der Waals surface area contributed by atoms with Gasteiger partial charge in [-0.1, -0.05) is 30.3 Å². The first-order chi connectivity index (χ1) is 14.2. The summed E-state index contributed by atoms with van der Waals surface area (Å²) in [5, 5.41) is 5.50. The van der Waals surface area contributed by atoms with Gasteiger partial charge in [-0.05, 0) is 48.4 Å². The van der Waals surface area contributed by atoms with Crippen molar-refractivity contribution in [3.8, 4) is 5.75 Å². The van der Waals surface area contributed by atoms with Gasteiger partial charge in [0.15, 0.2) is 0 Å². The molecule has 0 aliphatic heterocycles. The van der Waals surface area contributed by atoms with E-state index < -0.39 is 0 Å². The second kappa shape index (κ2) is 9.94. The molecule has 0 atom stereocenters. The number of carbonyl (C=O) groups excluding carboxylic acids is 2. The van der Waals surface area contributed by atoms with Crippen molar-refractivity contribution in [2.45, 2.75) is 6.42 Å². The van der Waals surface area contributed by atoms with Crippen molar-refractivity contribution in [2.24, 2.45) is 0 Å². The fraction of sp³-hybridized carbons (Fsp3) is 0.130. The van der Waals surface area contributed by atoms with E-state index in [0.717, 1.165) is 11.3 Å². The van der Waals surface area contributed by atoms with Crippen LogP contribution >= 0.6 is 0 Å². The van der Waals surface area contributed by atoms with Crippen molar-refractivity contribution in [2.75, 3.05) is 13.7 Å². The lowest BCUT2D eigenvalue weighted by molar-refractivity contribution is -0.117. The summed E-state index contributed by atoms with van der Waals surface area (Å²) in [5.41, 5.74) is 1.64. The molecule has 3 rings (SSSR count). The first-order valence-corrected chi connectivity index (χ1v) is 9.18. The van der Waals surface area contributed by atoms with Gasteiger partial charge in [-0.3, -0.25) is 9.59 Å². The van der Waals surface area contributed by atoms with E-state index in [0.29, 0.717) is 24.3 Å². The first-order valence-electron chi connectivity index (χ1n) is 9.18. The second-order valence-electron chi connectivity index (χ2n) is 6.25. The Morgan fingerprint density at radius 3 is 2.41 bits per heavy atom. The molecule has 0 fully saturated rings. The summed E-state index contributed by atoms with van der Waals surface area (Å²) >= 11 is 0. The highest BCUT2D eigenvalue weighted by molar-refractivity contribution is 6.05. The number of amides is 2. The minimum absolute atomic E-state index is 0.114. The first kappa shape index (κ1) is 19.9. The highest BCUT2D eigenvalue weighted by Crippen LogP contribution is 2.12. The molecule has 0 saturated carbocycles. The van der Waals surface area contributed by atoms with E-state index in [9.17, 15) is 9.59 Å². The molecule has 2 N–H and O–H groups in total. The fourth-order valence-electron chi connectivity index (χ4n) is 2.67. The molecule has 2 aromatic carbocycles. The van der Waals surface area contributed by atoms with E-state index in [2.05, 4.69) is 10.6 Å². The summed E-state index contributed by atoms with van der Waals surface area (Å²) in [6.45, 7) is 0.419. The van der Waals surface area contributed by atoms with Gasteiger partial charge in [0.25, 0.3) is 11.8 Å². The monoisotopic (exact) mass is 390 g/mol. The standard InChI is InChI=1S/C23H22N2O4/c1-28-19-11-9-17(10-12-19)13-14-24-23(27)21(16-20-8-5-15-29-20)25-22(26)18-6-3-2-4-7-18/h2-12,15-16H,13-14H2,1H3,(H,24,27)(H,25,26)/b21-16-. The van der Waals surface area contributed by atoms with E-state index in [-0.39, 0.29) is 17.5 Å². The summed E-state index contributed by atoms with van der Waals surface area (Å²) in [6.07, 6.45) is 3.66. The van der Waals surface area contributed by atoms with Gasteiger partial charge < -0.3 is 19.8 Å². The maximum Gasteiger partial charge on any atom is 0.267 e. The van der Waals surface area contributed by atoms with Gasteiger partial charge in [0.1, 0.15) is 17.2 Å². The molecule has 2 amide bonds. The Hall–Kier alpha value is -3.80. The molecule has 29 heavy (non-hydrogen) atoms. The molecular weight excluding hydrogens is 368 g/mol. The maximum absolute atomic E-state index is 12.7. The van der Waals surface area contributed by atoms with E-state index in [4.69, 9.17) is 9.15 Å². The molecule has 6 heteroatoms. The van der Waals surface area contributed by atoms with Gasteiger partial charge in [0.05, 0.1) is 13.4 Å². The molecule has 0 aliphatic carbocycles. The van der Waals surface area contributed by atoms with E-state index in [1.165, 1.54) is 12.3 Å². The number of rotatable bonds is 8. The quantitative estimate of drug-likeness (QED) is 0.578. The predicted molar refractivity (Wildman–Crippen MR) is 110 cm³/mol. The number of nitrogens with one attached hydrogen (secondary N) is 2. The lowest BCUT2D eigenvalue weighted by atomic mass is 10.1. The van der Waals surface area contributed by atoms with Crippen molar-refractivity contribution >= 4 is 17.9 Å². The molecular formula is C23H22N2O4. The van der Waals surface area contributed by atoms with Crippen LogP contribution in [0.4, 0.5) is 0 Å². The molecule has 0 aliphatic rings. The minimum atomic E-state index is -0.390. The van der Waals surface area contributed by atoms with E-state index in [1.807, 2.05) is 30.3 Å². The summed E-state index contributed by atoms with van der Waals surface area (Å²) in [7, 11) is 1.62.